The van der Waals surface area contributed by atoms with Gasteiger partial charge in [-0.05, 0) is 24.6 Å². The molecule has 21 heavy (non-hydrogen) atoms. The molecule has 1 saturated heterocycles. The van der Waals surface area contributed by atoms with E-state index in [0.29, 0.717) is 19.5 Å². The van der Waals surface area contributed by atoms with Gasteiger partial charge in [-0.1, -0.05) is 12.1 Å². The largest absolute Gasteiger partial charge is 0.369 e. The first-order chi connectivity index (χ1) is 10.2. The number of nitrogens with zero attached hydrogens (tertiary/aromatic N) is 2. The van der Waals surface area contributed by atoms with Gasteiger partial charge in [0.1, 0.15) is 0 Å². The Kier molecular flexibility index (Phi) is 6.02. The van der Waals surface area contributed by atoms with Crippen LogP contribution in [-0.2, 0) is 4.79 Å². The van der Waals surface area contributed by atoms with Crippen molar-refractivity contribution < 1.29 is 4.79 Å². The van der Waals surface area contributed by atoms with Gasteiger partial charge in [0.25, 0.3) is 0 Å². The Morgan fingerprint density at radius 3 is 2.71 bits per heavy atom. The molecule has 3 N–H and O–H groups in total. The smallest absolute Gasteiger partial charge is 0.221 e. The zero-order valence-electron chi connectivity index (χ0n) is 12.8. The number of rotatable bonds is 6. The van der Waals surface area contributed by atoms with Crippen LogP contribution in [0.1, 0.15) is 12.0 Å². The van der Waals surface area contributed by atoms with Gasteiger partial charge in [-0.2, -0.15) is 0 Å². The highest BCUT2D eigenvalue weighted by Crippen LogP contribution is 2.17. The highest BCUT2D eigenvalue weighted by atomic mass is 16.1. The molecule has 0 atom stereocenters. The number of amides is 1. The lowest BCUT2D eigenvalue weighted by atomic mass is 10.2. The molecule has 1 aliphatic rings. The van der Waals surface area contributed by atoms with Gasteiger partial charge in [-0.25, -0.2) is 0 Å². The lowest BCUT2D eigenvalue weighted by Gasteiger charge is -2.36. The summed E-state index contributed by atoms with van der Waals surface area (Å²) in [6.45, 7) is 8.09. The predicted molar refractivity (Wildman–Crippen MR) is 86.5 cm³/mol. The van der Waals surface area contributed by atoms with E-state index in [-0.39, 0.29) is 5.91 Å². The van der Waals surface area contributed by atoms with Crippen LogP contribution in [0.15, 0.2) is 24.3 Å². The maximum Gasteiger partial charge on any atom is 0.221 e. The van der Waals surface area contributed by atoms with Gasteiger partial charge in [0.05, 0.1) is 0 Å². The molecule has 0 spiro atoms. The third-order valence-electron chi connectivity index (χ3n) is 3.86. The monoisotopic (exact) mass is 290 g/mol. The molecule has 0 unspecified atom stereocenters. The molecule has 0 radical (unpaired) electrons. The standard InChI is InChI=1S/C16H26N4O/c1-14-3-2-4-15(13-14)20-11-9-19(10-12-20)8-5-16(21)18-7-6-17/h2-4,13H,5-12,17H2,1H3,(H,18,21). The van der Waals surface area contributed by atoms with Gasteiger partial charge in [-0.15, -0.1) is 0 Å². The molecule has 1 aliphatic heterocycles. The van der Waals surface area contributed by atoms with E-state index in [1.54, 1.807) is 0 Å². The third kappa shape index (κ3) is 5.02. The molecule has 1 aromatic carbocycles. The maximum atomic E-state index is 11.6. The summed E-state index contributed by atoms with van der Waals surface area (Å²) in [4.78, 5) is 16.3. The van der Waals surface area contributed by atoms with Crippen LogP contribution < -0.4 is 16.0 Å². The number of piperazine rings is 1. The summed E-state index contributed by atoms with van der Waals surface area (Å²) < 4.78 is 0. The summed E-state index contributed by atoms with van der Waals surface area (Å²) in [6.07, 6.45) is 0.560. The fourth-order valence-electron chi connectivity index (χ4n) is 2.61. The van der Waals surface area contributed by atoms with Crippen molar-refractivity contribution in [1.29, 1.82) is 0 Å². The lowest BCUT2D eigenvalue weighted by Crippen LogP contribution is -2.47. The van der Waals surface area contributed by atoms with E-state index in [1.807, 2.05) is 0 Å². The van der Waals surface area contributed by atoms with Gasteiger partial charge in [0.2, 0.25) is 5.91 Å². The second kappa shape index (κ2) is 8.00. The Bertz CT molecular complexity index is 455. The van der Waals surface area contributed by atoms with Crippen molar-refractivity contribution in [3.63, 3.8) is 0 Å². The van der Waals surface area contributed by atoms with Crippen molar-refractivity contribution in [2.24, 2.45) is 5.73 Å². The van der Waals surface area contributed by atoms with E-state index < -0.39 is 0 Å². The first-order valence-corrected chi connectivity index (χ1v) is 7.70. The van der Waals surface area contributed by atoms with Crippen LogP contribution in [0, 0.1) is 6.92 Å². The van der Waals surface area contributed by atoms with Crippen LogP contribution in [0.3, 0.4) is 0 Å². The van der Waals surface area contributed by atoms with Crippen LogP contribution >= 0.6 is 0 Å². The van der Waals surface area contributed by atoms with E-state index in [4.69, 9.17) is 5.73 Å². The highest BCUT2D eigenvalue weighted by Gasteiger charge is 2.17. The van der Waals surface area contributed by atoms with Crippen molar-refractivity contribution in [2.75, 3.05) is 50.7 Å². The lowest BCUT2D eigenvalue weighted by molar-refractivity contribution is -0.121. The minimum Gasteiger partial charge on any atom is -0.369 e. The number of anilines is 1. The Balaban J connectivity index is 1.72. The first-order valence-electron chi connectivity index (χ1n) is 7.70. The molecule has 5 nitrogen and oxygen atoms in total. The van der Waals surface area contributed by atoms with Crippen LogP contribution in [0.25, 0.3) is 0 Å². The molecule has 116 valence electrons. The molecule has 0 aromatic heterocycles. The molecule has 1 fully saturated rings. The second-order valence-corrected chi connectivity index (χ2v) is 5.56. The molecule has 0 saturated carbocycles. The minimum absolute atomic E-state index is 0.0987. The van der Waals surface area contributed by atoms with E-state index in [1.165, 1.54) is 11.3 Å². The van der Waals surface area contributed by atoms with Crippen molar-refractivity contribution in [3.8, 4) is 0 Å². The Morgan fingerprint density at radius 2 is 2.05 bits per heavy atom. The summed E-state index contributed by atoms with van der Waals surface area (Å²) in [7, 11) is 0. The number of carbonyl (C=O) groups excluding carboxylic acids is 1. The van der Waals surface area contributed by atoms with Crippen LogP contribution in [0.4, 0.5) is 5.69 Å². The number of benzene rings is 1. The normalized spacial score (nSPS) is 16.0. The fourth-order valence-corrected chi connectivity index (χ4v) is 2.61. The number of nitrogens with one attached hydrogen (secondary N) is 1. The second-order valence-electron chi connectivity index (χ2n) is 5.56. The quantitative estimate of drug-likeness (QED) is 0.805. The van der Waals surface area contributed by atoms with Gasteiger partial charge in [-0.3, -0.25) is 9.69 Å². The summed E-state index contributed by atoms with van der Waals surface area (Å²) in [5, 5.41) is 2.81. The van der Waals surface area contributed by atoms with Crippen LogP contribution in [0.2, 0.25) is 0 Å². The molecule has 1 heterocycles. The molecule has 0 bridgehead atoms. The van der Waals surface area contributed by atoms with Crippen molar-refractivity contribution in [1.82, 2.24) is 10.2 Å². The average Bonchev–Trinajstić information content (AvgIpc) is 2.51. The summed E-state index contributed by atoms with van der Waals surface area (Å²) in [6, 6.07) is 8.64. The zero-order chi connectivity index (χ0) is 15.1. The van der Waals surface area contributed by atoms with E-state index >= 15 is 0 Å². The summed E-state index contributed by atoms with van der Waals surface area (Å²) in [5.74, 6) is 0.0987. The molecule has 1 amide bonds. The summed E-state index contributed by atoms with van der Waals surface area (Å²) in [5.41, 5.74) is 7.97. The van der Waals surface area contributed by atoms with Crippen molar-refractivity contribution in [2.45, 2.75) is 13.3 Å². The number of hydrogen-bond donors (Lipinski definition) is 2. The molecule has 5 heteroatoms. The molecular weight excluding hydrogens is 264 g/mol. The Hall–Kier alpha value is -1.59. The average molecular weight is 290 g/mol. The van der Waals surface area contributed by atoms with Gasteiger partial charge in [0, 0.05) is 57.9 Å². The Labute approximate surface area is 127 Å². The maximum absolute atomic E-state index is 11.6. The van der Waals surface area contributed by atoms with Crippen LogP contribution in [-0.4, -0.2) is 56.6 Å². The van der Waals surface area contributed by atoms with E-state index in [2.05, 4.69) is 46.3 Å². The number of hydrogen-bond acceptors (Lipinski definition) is 4. The molecule has 0 aliphatic carbocycles. The highest BCUT2D eigenvalue weighted by molar-refractivity contribution is 5.76. The predicted octanol–water partition coefficient (Wildman–Crippen LogP) is 0.582. The SMILES string of the molecule is Cc1cccc(N2CCN(CCC(=O)NCCN)CC2)c1. The van der Waals surface area contributed by atoms with Gasteiger partial charge < -0.3 is 16.0 Å². The molecule has 1 aromatic rings. The van der Waals surface area contributed by atoms with Crippen molar-refractivity contribution >= 4 is 11.6 Å². The fraction of sp³-hybridized carbons (Fsp3) is 0.562. The van der Waals surface area contributed by atoms with Gasteiger partial charge >= 0.3 is 0 Å². The Morgan fingerprint density at radius 1 is 1.29 bits per heavy atom. The molecule has 2 rings (SSSR count). The number of carbonyl (C=O) groups is 1. The van der Waals surface area contributed by atoms with Crippen molar-refractivity contribution in [3.05, 3.63) is 29.8 Å². The molecular formula is C16H26N4O. The topological polar surface area (TPSA) is 61.6 Å². The zero-order valence-corrected chi connectivity index (χ0v) is 12.8. The summed E-state index contributed by atoms with van der Waals surface area (Å²) >= 11 is 0. The van der Waals surface area contributed by atoms with Crippen LogP contribution in [0.5, 0.6) is 0 Å². The van der Waals surface area contributed by atoms with E-state index in [0.717, 1.165) is 32.7 Å². The number of nitrogens with two attached hydrogens (primary N) is 1. The number of aryl methyl sites for hydroxylation is 1. The first kappa shape index (κ1) is 15.8. The minimum atomic E-state index is 0.0987. The van der Waals surface area contributed by atoms with Gasteiger partial charge in [0.15, 0.2) is 0 Å². The van der Waals surface area contributed by atoms with E-state index in [9.17, 15) is 4.79 Å². The third-order valence-corrected chi connectivity index (χ3v) is 3.86.